The van der Waals surface area contributed by atoms with Crippen LogP contribution in [0.1, 0.15) is 46.6 Å². The van der Waals surface area contributed by atoms with Crippen LogP contribution in [-0.2, 0) is 10.2 Å². The molecular weight excluding hydrogens is 404 g/mol. The van der Waals surface area contributed by atoms with E-state index in [2.05, 4.69) is 21.4 Å². The van der Waals surface area contributed by atoms with E-state index in [-0.39, 0.29) is 11.3 Å². The van der Waals surface area contributed by atoms with Gasteiger partial charge < -0.3 is 19.8 Å². The number of H-pyrrole nitrogens is 1. The summed E-state index contributed by atoms with van der Waals surface area (Å²) >= 11 is 0. The van der Waals surface area contributed by atoms with E-state index in [1.54, 1.807) is 25.3 Å². The molecule has 0 radical (unpaired) electrons. The summed E-state index contributed by atoms with van der Waals surface area (Å²) in [6.07, 6.45) is -1.18. The largest absolute Gasteiger partial charge is 0.496 e. The van der Waals surface area contributed by atoms with Gasteiger partial charge in [-0.3, -0.25) is 4.79 Å². The predicted octanol–water partition coefficient (Wildman–Crippen LogP) is 4.30. The number of ether oxygens (including phenoxy) is 2. The number of fused-ring (bicyclic) bond motifs is 1. The molecule has 4 rings (SSSR count). The van der Waals surface area contributed by atoms with Crippen LogP contribution in [0.5, 0.6) is 5.75 Å². The Morgan fingerprint density at radius 1 is 1.26 bits per heavy atom. The molecule has 1 saturated heterocycles. The highest BCUT2D eigenvalue weighted by Gasteiger charge is 2.37. The zero-order valence-electron chi connectivity index (χ0n) is 17.5. The van der Waals surface area contributed by atoms with E-state index in [9.17, 15) is 13.6 Å². The third-order valence-corrected chi connectivity index (χ3v) is 5.93. The quantitative estimate of drug-likeness (QED) is 0.613. The first-order valence-corrected chi connectivity index (χ1v) is 10.2. The minimum atomic E-state index is -2.69. The number of benzene rings is 2. The summed E-state index contributed by atoms with van der Waals surface area (Å²) in [4.78, 5) is 19.3. The molecule has 3 aromatic rings. The molecule has 0 atom stereocenters. The fourth-order valence-corrected chi connectivity index (χ4v) is 4.17. The number of rotatable bonds is 6. The Morgan fingerprint density at radius 3 is 2.74 bits per heavy atom. The first-order valence-electron chi connectivity index (χ1n) is 10.2. The molecule has 0 saturated carbocycles. The first kappa shape index (κ1) is 21.2. The number of alkyl halides is 2. The maximum atomic E-state index is 12.9. The molecule has 1 aliphatic heterocycles. The molecule has 2 N–H and O–H groups in total. The second-order valence-corrected chi connectivity index (χ2v) is 7.93. The Balaban J connectivity index is 1.58. The van der Waals surface area contributed by atoms with Crippen molar-refractivity contribution >= 4 is 16.9 Å². The molecule has 8 heteroatoms. The molecule has 0 unspecified atom stereocenters. The standard InChI is InChI=1S/C23H25F2N3O3/c1-14-3-6-19(30-2)16(11-14)23(7-9-31-10-8-23)13-26-22(29)15-4-5-17-18(12-15)28-21(27-17)20(24)25/h3-6,11-12,20H,7-10,13H2,1-2H3,(H,26,29)(H,27,28). The Labute approximate surface area is 179 Å². The van der Waals surface area contributed by atoms with Crippen molar-refractivity contribution in [2.24, 2.45) is 0 Å². The maximum Gasteiger partial charge on any atom is 0.295 e. The Bertz CT molecular complexity index is 1090. The highest BCUT2D eigenvalue weighted by molar-refractivity contribution is 5.97. The molecule has 2 heterocycles. The number of hydrogen-bond acceptors (Lipinski definition) is 4. The van der Waals surface area contributed by atoms with E-state index in [1.165, 1.54) is 0 Å². The van der Waals surface area contributed by atoms with Crippen LogP contribution in [0.15, 0.2) is 36.4 Å². The van der Waals surface area contributed by atoms with Gasteiger partial charge in [-0.15, -0.1) is 0 Å². The molecule has 2 aromatic carbocycles. The summed E-state index contributed by atoms with van der Waals surface area (Å²) in [6, 6.07) is 10.8. The molecule has 6 nitrogen and oxygen atoms in total. The average Bonchev–Trinajstić information content (AvgIpc) is 3.22. The van der Waals surface area contributed by atoms with Gasteiger partial charge in [0.15, 0.2) is 5.82 Å². The monoisotopic (exact) mass is 429 g/mol. The molecule has 1 fully saturated rings. The Kier molecular flexibility index (Phi) is 5.91. The minimum Gasteiger partial charge on any atom is -0.496 e. The highest BCUT2D eigenvalue weighted by Crippen LogP contribution is 2.40. The van der Waals surface area contributed by atoms with Gasteiger partial charge in [0.2, 0.25) is 0 Å². The lowest BCUT2D eigenvalue weighted by Crippen LogP contribution is -2.44. The summed E-state index contributed by atoms with van der Waals surface area (Å²) in [7, 11) is 1.65. The van der Waals surface area contributed by atoms with Gasteiger partial charge in [0.25, 0.3) is 12.3 Å². The summed E-state index contributed by atoms with van der Waals surface area (Å²) in [5.41, 5.74) is 3.06. The third kappa shape index (κ3) is 4.25. The van der Waals surface area contributed by atoms with Crippen molar-refractivity contribution in [1.29, 1.82) is 0 Å². The topological polar surface area (TPSA) is 76.2 Å². The van der Waals surface area contributed by atoms with Gasteiger partial charge in [-0.2, -0.15) is 0 Å². The number of carbonyl (C=O) groups excluding carboxylic acids is 1. The van der Waals surface area contributed by atoms with Crippen LogP contribution in [0.4, 0.5) is 8.78 Å². The number of hydrogen-bond donors (Lipinski definition) is 2. The van der Waals surface area contributed by atoms with E-state index in [4.69, 9.17) is 9.47 Å². The number of carbonyl (C=O) groups is 1. The van der Waals surface area contributed by atoms with Crippen molar-refractivity contribution in [2.45, 2.75) is 31.6 Å². The van der Waals surface area contributed by atoms with E-state index >= 15 is 0 Å². The number of aromatic amines is 1. The highest BCUT2D eigenvalue weighted by atomic mass is 19.3. The molecule has 0 aliphatic carbocycles. The third-order valence-electron chi connectivity index (χ3n) is 5.93. The van der Waals surface area contributed by atoms with Gasteiger partial charge in [-0.1, -0.05) is 17.7 Å². The lowest BCUT2D eigenvalue weighted by Gasteiger charge is -2.38. The van der Waals surface area contributed by atoms with Gasteiger partial charge in [-0.05, 0) is 44.0 Å². The van der Waals surface area contributed by atoms with E-state index in [1.807, 2.05) is 19.1 Å². The lowest BCUT2D eigenvalue weighted by molar-refractivity contribution is 0.0479. The number of halogens is 2. The Hall–Kier alpha value is -3.00. The van der Waals surface area contributed by atoms with Crippen LogP contribution in [0.3, 0.4) is 0 Å². The van der Waals surface area contributed by atoms with Gasteiger partial charge in [0.1, 0.15) is 5.75 Å². The molecular formula is C23H25F2N3O3. The zero-order valence-corrected chi connectivity index (χ0v) is 17.5. The average molecular weight is 429 g/mol. The van der Waals surface area contributed by atoms with Crippen LogP contribution in [0.25, 0.3) is 11.0 Å². The van der Waals surface area contributed by atoms with Gasteiger partial charge in [0.05, 0.1) is 18.1 Å². The van der Waals surface area contributed by atoms with Crippen LogP contribution in [0, 0.1) is 6.92 Å². The molecule has 1 amide bonds. The number of methoxy groups -OCH3 is 1. The number of nitrogens with zero attached hydrogens (tertiary/aromatic N) is 1. The second kappa shape index (κ2) is 8.63. The summed E-state index contributed by atoms with van der Waals surface area (Å²) in [6.45, 7) is 3.65. The van der Waals surface area contributed by atoms with Crippen molar-refractivity contribution in [3.05, 3.63) is 58.9 Å². The van der Waals surface area contributed by atoms with Crippen LogP contribution in [-0.4, -0.2) is 42.7 Å². The molecule has 164 valence electrons. The first-order chi connectivity index (χ1) is 14.9. The molecule has 31 heavy (non-hydrogen) atoms. The smallest absolute Gasteiger partial charge is 0.295 e. The van der Waals surface area contributed by atoms with Crippen molar-refractivity contribution in [3.63, 3.8) is 0 Å². The number of aromatic nitrogens is 2. The fraction of sp³-hybridized carbons (Fsp3) is 0.391. The minimum absolute atomic E-state index is 0.271. The summed E-state index contributed by atoms with van der Waals surface area (Å²) in [5.74, 6) is 0.119. The van der Waals surface area contributed by atoms with Crippen LogP contribution < -0.4 is 10.1 Å². The summed E-state index contributed by atoms with van der Waals surface area (Å²) in [5, 5.41) is 3.04. The van der Waals surface area contributed by atoms with Crippen molar-refractivity contribution in [2.75, 3.05) is 26.9 Å². The van der Waals surface area contributed by atoms with Crippen LogP contribution in [0.2, 0.25) is 0 Å². The molecule has 0 spiro atoms. The van der Waals surface area contributed by atoms with Gasteiger partial charge in [0, 0.05) is 36.3 Å². The molecule has 1 aliphatic rings. The number of amides is 1. The number of imidazole rings is 1. The van der Waals surface area contributed by atoms with Gasteiger partial charge >= 0.3 is 0 Å². The van der Waals surface area contributed by atoms with Crippen molar-refractivity contribution in [1.82, 2.24) is 15.3 Å². The SMILES string of the molecule is COc1ccc(C)cc1C1(CNC(=O)c2ccc3nc(C(F)F)[nH]c3c2)CCOCC1. The van der Waals surface area contributed by atoms with Crippen molar-refractivity contribution in [3.8, 4) is 5.75 Å². The molecule has 0 bridgehead atoms. The summed E-state index contributed by atoms with van der Waals surface area (Å²) < 4.78 is 37.0. The van der Waals surface area contributed by atoms with E-state index in [0.29, 0.717) is 36.4 Å². The van der Waals surface area contributed by atoms with Gasteiger partial charge in [-0.25, -0.2) is 13.8 Å². The zero-order chi connectivity index (χ0) is 22.0. The number of aryl methyl sites for hydroxylation is 1. The maximum absolute atomic E-state index is 12.9. The van der Waals surface area contributed by atoms with Crippen molar-refractivity contribution < 1.29 is 23.0 Å². The number of nitrogens with one attached hydrogen (secondary N) is 2. The fourth-order valence-electron chi connectivity index (χ4n) is 4.17. The lowest BCUT2D eigenvalue weighted by atomic mass is 9.73. The normalized spacial score (nSPS) is 15.9. The predicted molar refractivity (Wildman–Crippen MR) is 113 cm³/mol. The molecule has 1 aromatic heterocycles. The second-order valence-electron chi connectivity index (χ2n) is 7.93. The van der Waals surface area contributed by atoms with Crippen LogP contribution >= 0.6 is 0 Å². The van der Waals surface area contributed by atoms with E-state index < -0.39 is 12.2 Å². The van der Waals surface area contributed by atoms with E-state index in [0.717, 1.165) is 29.7 Å². The Morgan fingerprint density at radius 2 is 2.03 bits per heavy atom.